The molecular formula is C92H85BN4S. The Balaban J connectivity index is 1.02. The summed E-state index contributed by atoms with van der Waals surface area (Å²) < 4.78 is 7.68. The quantitative estimate of drug-likeness (QED) is 0.154. The van der Waals surface area contributed by atoms with Crippen molar-refractivity contribution in [2.45, 2.75) is 131 Å². The van der Waals surface area contributed by atoms with Gasteiger partial charge in [-0.2, -0.15) is 0 Å². The van der Waals surface area contributed by atoms with Gasteiger partial charge in [-0.3, -0.25) is 0 Å². The predicted octanol–water partition coefficient (Wildman–Crippen LogP) is 24.2. The molecule has 2 aliphatic heterocycles. The van der Waals surface area contributed by atoms with E-state index < -0.39 is 0 Å². The van der Waals surface area contributed by atoms with E-state index >= 15 is 0 Å². The minimum atomic E-state index is -0.254. The maximum absolute atomic E-state index is 2.71. The van der Waals surface area contributed by atoms with Crippen LogP contribution in [0.5, 0.6) is 0 Å². The molecule has 0 aliphatic carbocycles. The summed E-state index contributed by atoms with van der Waals surface area (Å²) in [6.07, 6.45) is 0. The van der Waals surface area contributed by atoms with Crippen LogP contribution in [0.15, 0.2) is 243 Å². The molecule has 6 heteroatoms. The van der Waals surface area contributed by atoms with E-state index in [0.717, 1.165) is 22.7 Å². The lowest BCUT2D eigenvalue weighted by molar-refractivity contribution is 0.569. The SMILES string of the molecule is CC(C)(C)c1ccc(-c2cc(C(C)(C)C)ccc2N2c3cc(-n4c5ccccc5c5ccc6c7ccccc7n(-c7ccccc7)c6c54)ccc3B3c4ccc(-c5cc(C(C)(C)C)cc(C(C)(C)C)c5)cc4N(c4cccc5c4sc4ccccc45)c4cc(C(C)(C)C)cc2c43)cc1. The summed E-state index contributed by atoms with van der Waals surface area (Å²) in [7, 11) is 0. The topological polar surface area (TPSA) is 16.3 Å². The van der Waals surface area contributed by atoms with E-state index in [1.165, 1.54) is 153 Å². The summed E-state index contributed by atoms with van der Waals surface area (Å²) in [6, 6.07) is 94.2. The second-order valence-corrected chi connectivity index (χ2v) is 34.1. The maximum Gasteiger partial charge on any atom is 0.252 e. The van der Waals surface area contributed by atoms with Crippen molar-refractivity contribution in [2.75, 3.05) is 9.80 Å². The zero-order valence-electron chi connectivity index (χ0n) is 59.4. The fourth-order valence-electron chi connectivity index (χ4n) is 16.0. The average molecular weight is 1290 g/mol. The van der Waals surface area contributed by atoms with Crippen LogP contribution in [0.4, 0.5) is 34.1 Å². The molecule has 0 N–H and O–H groups in total. The molecule has 2 aliphatic rings. The highest BCUT2D eigenvalue weighted by Crippen LogP contribution is 2.53. The predicted molar refractivity (Wildman–Crippen MR) is 426 cm³/mol. The standard InChI is InChI=1S/C92H85BN4S/c1-88(2,3)59-39-36-56(37-40-59)72-52-60(89(4,5)6)41-47-77(72)96-80-55-65(95-76-33-23-20-29-67(76)70-44-43-69-66-28-19-22-32-75(66)94(85(69)86(70)95)64-26-17-16-18-27-64)42-46-74(80)93-73-45-38-57(58-48-61(90(7,8)9)51-62(49-58)91(10,11)12)50-79(73)97(82-54-63(92(13,14)15)53-81(96)84(82)93)78-34-25-31-71-68-30-21-24-35-83(68)98-87(71)78/h16-55H,1-15H3. The average Bonchev–Trinajstić information content (AvgIpc) is 0.812. The smallest absolute Gasteiger partial charge is 0.252 e. The first-order valence-corrected chi connectivity index (χ1v) is 36.0. The van der Waals surface area contributed by atoms with Crippen LogP contribution < -0.4 is 26.2 Å². The third-order valence-electron chi connectivity index (χ3n) is 21.5. The summed E-state index contributed by atoms with van der Waals surface area (Å²) in [6.45, 7) is 35.2. The number of hydrogen-bond donors (Lipinski definition) is 0. The largest absolute Gasteiger partial charge is 0.311 e. The highest BCUT2D eigenvalue weighted by atomic mass is 32.1. The Bertz CT molecular complexity index is 5750. The van der Waals surface area contributed by atoms with Crippen molar-refractivity contribution in [3.63, 3.8) is 0 Å². The van der Waals surface area contributed by atoms with Crippen molar-refractivity contribution in [1.82, 2.24) is 9.13 Å². The summed E-state index contributed by atoms with van der Waals surface area (Å²) in [5.74, 6) is 0. The van der Waals surface area contributed by atoms with Crippen LogP contribution in [-0.4, -0.2) is 15.8 Å². The van der Waals surface area contributed by atoms with Gasteiger partial charge in [-0.15, -0.1) is 11.3 Å². The van der Waals surface area contributed by atoms with Gasteiger partial charge in [0.25, 0.3) is 6.71 Å². The van der Waals surface area contributed by atoms with Crippen molar-refractivity contribution < 1.29 is 0 Å². The molecule has 0 unspecified atom stereocenters. The highest BCUT2D eigenvalue weighted by molar-refractivity contribution is 7.26. The van der Waals surface area contributed by atoms with Gasteiger partial charge >= 0.3 is 0 Å². The Labute approximate surface area is 582 Å². The van der Waals surface area contributed by atoms with Crippen molar-refractivity contribution in [1.29, 1.82) is 0 Å². The second-order valence-electron chi connectivity index (χ2n) is 33.1. The van der Waals surface area contributed by atoms with E-state index in [1.807, 2.05) is 11.3 Å². The lowest BCUT2D eigenvalue weighted by atomic mass is 9.33. The zero-order chi connectivity index (χ0) is 67.9. The molecule has 0 spiro atoms. The number of benzene rings is 12. The number of anilines is 6. The van der Waals surface area contributed by atoms with E-state index in [0.29, 0.717) is 0 Å². The molecule has 17 rings (SSSR count). The van der Waals surface area contributed by atoms with E-state index in [1.54, 1.807) is 0 Å². The molecule has 0 bridgehead atoms. The van der Waals surface area contributed by atoms with Gasteiger partial charge in [0.15, 0.2) is 0 Å². The first kappa shape index (κ1) is 61.7. The van der Waals surface area contributed by atoms with Crippen LogP contribution >= 0.6 is 11.3 Å². The maximum atomic E-state index is 2.71. The van der Waals surface area contributed by atoms with Gasteiger partial charge in [0.2, 0.25) is 0 Å². The summed E-state index contributed by atoms with van der Waals surface area (Å²) >= 11 is 1.91. The molecule has 0 saturated carbocycles. The number of nitrogens with zero attached hydrogens (tertiary/aromatic N) is 4. The van der Waals surface area contributed by atoms with Crippen LogP contribution in [0.3, 0.4) is 0 Å². The molecule has 0 amide bonds. The lowest BCUT2D eigenvalue weighted by Crippen LogP contribution is -2.61. The van der Waals surface area contributed by atoms with Crippen LogP contribution in [0.2, 0.25) is 0 Å². The van der Waals surface area contributed by atoms with Crippen molar-refractivity contribution in [3.05, 3.63) is 270 Å². The first-order valence-electron chi connectivity index (χ1n) is 35.2. The van der Waals surface area contributed by atoms with Gasteiger partial charge in [-0.1, -0.05) is 268 Å². The monoisotopic (exact) mass is 1290 g/mol. The number of rotatable bonds is 6. The first-order chi connectivity index (χ1) is 46.8. The molecule has 3 aromatic heterocycles. The summed E-state index contributed by atoms with van der Waals surface area (Å²) in [5.41, 5.74) is 28.9. The fraction of sp³-hybridized carbons (Fsp3) is 0.217. The minimum absolute atomic E-state index is 0.0128. The highest BCUT2D eigenvalue weighted by Gasteiger charge is 2.46. The number of fused-ring (bicyclic) bond motifs is 14. The molecule has 0 fully saturated rings. The molecule has 12 aromatic carbocycles. The molecule has 0 atom stereocenters. The number of aromatic nitrogens is 2. The van der Waals surface area contributed by atoms with Gasteiger partial charge in [-0.25, -0.2) is 0 Å². The Kier molecular flexibility index (Phi) is 13.7. The summed E-state index contributed by atoms with van der Waals surface area (Å²) in [4.78, 5) is 5.40. The van der Waals surface area contributed by atoms with Gasteiger partial charge in [-0.05, 0) is 167 Å². The van der Waals surface area contributed by atoms with Crippen LogP contribution in [0.1, 0.15) is 132 Å². The van der Waals surface area contributed by atoms with Gasteiger partial charge in [0.05, 0.1) is 38.1 Å². The van der Waals surface area contributed by atoms with E-state index in [-0.39, 0.29) is 33.8 Å². The Morgan fingerprint density at radius 1 is 0.286 bits per heavy atom. The van der Waals surface area contributed by atoms with Crippen molar-refractivity contribution in [2.24, 2.45) is 0 Å². The molecule has 5 heterocycles. The van der Waals surface area contributed by atoms with Crippen LogP contribution in [0.25, 0.3) is 97.4 Å². The van der Waals surface area contributed by atoms with E-state index in [2.05, 4.69) is 365 Å². The minimum Gasteiger partial charge on any atom is -0.311 e. The Morgan fingerprint density at radius 2 is 0.776 bits per heavy atom. The van der Waals surface area contributed by atoms with Crippen LogP contribution in [-0.2, 0) is 27.1 Å². The Hall–Kier alpha value is -9.88. The normalized spacial score (nSPS) is 13.6. The van der Waals surface area contributed by atoms with Crippen LogP contribution in [0, 0.1) is 0 Å². The molecule has 0 saturated heterocycles. The summed E-state index contributed by atoms with van der Waals surface area (Å²) in [5, 5.41) is 7.48. The van der Waals surface area contributed by atoms with E-state index in [4.69, 9.17) is 0 Å². The number of para-hydroxylation sites is 3. The Morgan fingerprint density at radius 3 is 1.38 bits per heavy atom. The molecule has 98 heavy (non-hydrogen) atoms. The molecule has 15 aromatic rings. The van der Waals surface area contributed by atoms with Gasteiger partial charge in [0, 0.05) is 76.7 Å². The second kappa shape index (κ2) is 21.8. The zero-order valence-corrected chi connectivity index (χ0v) is 60.2. The fourth-order valence-corrected chi connectivity index (χ4v) is 17.2. The third-order valence-corrected chi connectivity index (χ3v) is 22.7. The lowest BCUT2D eigenvalue weighted by Gasteiger charge is -2.45. The number of thiophene rings is 1. The molecule has 0 radical (unpaired) electrons. The third kappa shape index (κ3) is 9.74. The molecule has 482 valence electrons. The van der Waals surface area contributed by atoms with Crippen molar-refractivity contribution >= 4 is 132 Å². The van der Waals surface area contributed by atoms with Gasteiger partial charge < -0.3 is 18.9 Å². The molecule has 4 nitrogen and oxygen atoms in total. The molecular weight excluding hydrogens is 1200 g/mol. The van der Waals surface area contributed by atoms with Crippen molar-refractivity contribution in [3.8, 4) is 33.6 Å². The van der Waals surface area contributed by atoms with Gasteiger partial charge in [0.1, 0.15) is 0 Å². The number of hydrogen-bond acceptors (Lipinski definition) is 3. The van der Waals surface area contributed by atoms with E-state index in [9.17, 15) is 0 Å².